The maximum absolute atomic E-state index is 15.9. The smallest absolute Gasteiger partial charge is 0.200 e. The van der Waals surface area contributed by atoms with Crippen LogP contribution >= 0.6 is 0 Å². The van der Waals surface area contributed by atoms with Crippen molar-refractivity contribution in [1.82, 2.24) is 15.0 Å². The summed E-state index contributed by atoms with van der Waals surface area (Å²) >= 11 is 0. The first-order chi connectivity index (χ1) is 25.3. The number of hydrogen-bond donors (Lipinski definition) is 0. The molecule has 3 aromatic rings. The van der Waals surface area contributed by atoms with E-state index < -0.39 is 183 Å². The number of nitrogens with zero attached hydrogens (tertiary/aromatic N) is 3. The van der Waals surface area contributed by atoms with Crippen LogP contribution in [0.5, 0.6) is 0 Å². The van der Waals surface area contributed by atoms with Crippen LogP contribution in [0.4, 0.5) is 79.0 Å². The molecule has 288 valence electrons. The molecule has 4 rings (SSSR count). The Morgan fingerprint density at radius 2 is 1.11 bits per heavy atom. The van der Waals surface area contributed by atoms with Crippen LogP contribution in [0.1, 0.15) is 37.0 Å². The van der Waals surface area contributed by atoms with E-state index >= 15 is 22.0 Å². The van der Waals surface area contributed by atoms with E-state index in [1.165, 1.54) is 0 Å². The van der Waals surface area contributed by atoms with Gasteiger partial charge in [0.1, 0.15) is 42.5 Å². The molecule has 0 fully saturated rings. The highest BCUT2D eigenvalue weighted by Crippen LogP contribution is 2.43. The van der Waals surface area contributed by atoms with Gasteiger partial charge < -0.3 is 0 Å². The van der Waals surface area contributed by atoms with Crippen molar-refractivity contribution >= 4 is 5.57 Å². The average Bonchev–Trinajstić information content (AvgIpc) is 3.14. The Morgan fingerprint density at radius 1 is 0.574 bits per heavy atom. The second-order valence-corrected chi connectivity index (χ2v) is 10.8. The summed E-state index contributed by atoms with van der Waals surface area (Å²) in [6.45, 7) is -3.53. The third-order valence-electron chi connectivity index (χ3n) is 7.47. The molecule has 1 aliphatic rings. The van der Waals surface area contributed by atoms with Gasteiger partial charge in [0.15, 0.2) is 69.9 Å². The summed E-state index contributed by atoms with van der Waals surface area (Å²) in [7, 11) is 0. The largest absolute Gasteiger partial charge is 0.246 e. The Hall–Kier alpha value is -5.37. The van der Waals surface area contributed by atoms with Gasteiger partial charge in [0.2, 0.25) is 5.82 Å². The van der Waals surface area contributed by atoms with E-state index in [1.807, 2.05) is 0 Å². The van der Waals surface area contributed by atoms with Crippen molar-refractivity contribution < 1.29 is 79.0 Å². The van der Waals surface area contributed by atoms with Crippen LogP contribution < -0.4 is 0 Å². The third kappa shape index (κ3) is 7.52. The van der Waals surface area contributed by atoms with Crippen molar-refractivity contribution in [3.05, 3.63) is 128 Å². The first-order valence-corrected chi connectivity index (χ1v) is 14.4. The van der Waals surface area contributed by atoms with Gasteiger partial charge in [-0.1, -0.05) is 0 Å². The van der Waals surface area contributed by atoms with Crippen LogP contribution in [0, 0.1) is 46.5 Å². The van der Waals surface area contributed by atoms with Gasteiger partial charge in [0.25, 0.3) is 0 Å². The molecule has 1 heterocycles. The summed E-state index contributed by atoms with van der Waals surface area (Å²) in [5.74, 6) is -41.3. The second kappa shape index (κ2) is 16.3. The topological polar surface area (TPSA) is 38.7 Å². The van der Waals surface area contributed by atoms with Crippen LogP contribution in [0.3, 0.4) is 0 Å². The number of aromatic nitrogens is 3. The summed E-state index contributed by atoms with van der Waals surface area (Å²) in [4.78, 5) is 10.1. The highest BCUT2D eigenvalue weighted by molar-refractivity contribution is 5.78. The zero-order valence-corrected chi connectivity index (χ0v) is 26.3. The molecule has 0 unspecified atom stereocenters. The summed E-state index contributed by atoms with van der Waals surface area (Å²) in [5.41, 5.74) is -12.5. The molecule has 0 saturated heterocycles. The summed E-state index contributed by atoms with van der Waals surface area (Å²) in [5, 5.41) is 0. The lowest BCUT2D eigenvalue weighted by atomic mass is 9.94. The maximum atomic E-state index is 15.9. The van der Waals surface area contributed by atoms with Gasteiger partial charge >= 0.3 is 0 Å². The van der Waals surface area contributed by atoms with E-state index in [-0.39, 0.29) is 6.08 Å². The molecule has 2 aromatic carbocycles. The molecule has 0 radical (unpaired) electrons. The van der Waals surface area contributed by atoms with Crippen molar-refractivity contribution in [2.45, 2.75) is 32.9 Å². The van der Waals surface area contributed by atoms with Crippen LogP contribution in [0.2, 0.25) is 0 Å². The fraction of sp³-hybridized carbons (Fsp3) is 0.182. The number of halogens is 18. The molecule has 0 N–H and O–H groups in total. The van der Waals surface area contributed by atoms with Crippen molar-refractivity contribution in [2.75, 3.05) is 6.67 Å². The Bertz CT molecular complexity index is 2220. The minimum atomic E-state index is -2.84. The number of hydrogen-bond acceptors (Lipinski definition) is 3. The standard InChI is InChI=1S/C33H15F18N3/c1-9(6-34)21(41)24(44)12(37)2-3-16-52-32(18-14(39)4-10(7-35)13(38)5-15(40)23(18)43)54-33(53-16)20-22(42)11(8-36)17(25(45)28(20)48)19-26(46)29(49)31(51)30(50)27(19)47/h2,6H,3-5,7-8H2,1H3/b9-6+,12-2-,13-10-,18-14?,23-15?,24-21-. The van der Waals surface area contributed by atoms with Gasteiger partial charge in [-0.15, -0.1) is 0 Å². The van der Waals surface area contributed by atoms with E-state index in [2.05, 4.69) is 15.0 Å². The molecule has 0 saturated carbocycles. The molecular formula is C33H15F18N3. The van der Waals surface area contributed by atoms with Crippen molar-refractivity contribution in [1.29, 1.82) is 0 Å². The Balaban J connectivity index is 2.10. The first-order valence-electron chi connectivity index (χ1n) is 14.4. The fourth-order valence-corrected chi connectivity index (χ4v) is 4.75. The first kappa shape index (κ1) is 41.4. The lowest BCUT2D eigenvalue weighted by molar-refractivity contribution is 0.380. The molecule has 3 nitrogen and oxygen atoms in total. The van der Waals surface area contributed by atoms with Crippen molar-refractivity contribution in [3.63, 3.8) is 0 Å². The summed E-state index contributed by atoms with van der Waals surface area (Å²) in [6.07, 6.45) is -4.86. The normalized spacial score (nSPS) is 16.6. The monoisotopic (exact) mass is 795 g/mol. The van der Waals surface area contributed by atoms with E-state index in [0.29, 0.717) is 6.92 Å². The molecule has 54 heavy (non-hydrogen) atoms. The quantitative estimate of drug-likeness (QED) is 0.0937. The van der Waals surface area contributed by atoms with Gasteiger partial charge in [-0.3, -0.25) is 0 Å². The van der Waals surface area contributed by atoms with Gasteiger partial charge in [-0.2, -0.15) is 0 Å². The lowest BCUT2D eigenvalue weighted by Gasteiger charge is -2.17. The van der Waals surface area contributed by atoms with Crippen LogP contribution in [0.25, 0.3) is 28.1 Å². The zero-order valence-electron chi connectivity index (χ0n) is 26.3. The molecule has 0 bridgehead atoms. The maximum Gasteiger partial charge on any atom is 0.200 e. The molecular weight excluding hydrogens is 780 g/mol. The molecule has 0 atom stereocenters. The predicted octanol–water partition coefficient (Wildman–Crippen LogP) is 12.0. The highest BCUT2D eigenvalue weighted by Gasteiger charge is 2.36. The summed E-state index contributed by atoms with van der Waals surface area (Å²) < 4.78 is 260. The van der Waals surface area contributed by atoms with Crippen LogP contribution in [-0.2, 0) is 13.1 Å². The molecule has 0 aliphatic heterocycles. The minimum Gasteiger partial charge on any atom is -0.246 e. The number of benzene rings is 2. The Morgan fingerprint density at radius 3 is 1.67 bits per heavy atom. The Kier molecular flexibility index (Phi) is 12.5. The predicted molar refractivity (Wildman–Crippen MR) is 153 cm³/mol. The average molecular weight is 795 g/mol. The summed E-state index contributed by atoms with van der Waals surface area (Å²) in [6, 6.07) is 0. The molecule has 0 amide bonds. The van der Waals surface area contributed by atoms with E-state index in [4.69, 9.17) is 0 Å². The molecule has 0 spiro atoms. The van der Waals surface area contributed by atoms with Crippen LogP contribution in [0.15, 0.2) is 64.3 Å². The van der Waals surface area contributed by atoms with Gasteiger partial charge in [-0.25, -0.2) is 94.0 Å². The van der Waals surface area contributed by atoms with Crippen molar-refractivity contribution in [3.8, 4) is 22.5 Å². The third-order valence-corrected chi connectivity index (χ3v) is 7.47. The van der Waals surface area contributed by atoms with Crippen molar-refractivity contribution in [2.24, 2.45) is 0 Å². The van der Waals surface area contributed by atoms with E-state index in [0.717, 1.165) is 0 Å². The lowest BCUT2D eigenvalue weighted by Crippen LogP contribution is -2.13. The molecule has 21 heteroatoms. The number of rotatable bonds is 9. The second-order valence-electron chi connectivity index (χ2n) is 10.8. The molecule has 1 aliphatic carbocycles. The number of alkyl halides is 2. The fourth-order valence-electron chi connectivity index (χ4n) is 4.75. The minimum absolute atomic E-state index is 0.0326. The SMILES string of the molecule is CC(=C\F)/C(F)=C(F)\C(F)=C\Cc1nc(C2=C(F)C/C(CF)=C(/F)CC(F)=C2F)nc(-c2c(F)c(F)c(-c3c(F)c(F)c(F)c(F)c3F)c(CF)c2F)n1. The van der Waals surface area contributed by atoms with Crippen LogP contribution in [-0.4, -0.2) is 21.6 Å². The van der Waals surface area contributed by atoms with E-state index in [9.17, 15) is 57.1 Å². The highest BCUT2D eigenvalue weighted by atomic mass is 19.2. The van der Waals surface area contributed by atoms with Gasteiger partial charge in [0.05, 0.1) is 29.5 Å². The van der Waals surface area contributed by atoms with Gasteiger partial charge in [-0.05, 0) is 18.6 Å². The Labute approximate surface area is 290 Å². The zero-order chi connectivity index (χ0) is 40.5. The number of allylic oxidation sites excluding steroid dienone is 11. The van der Waals surface area contributed by atoms with E-state index in [1.54, 1.807) is 0 Å². The molecule has 1 aromatic heterocycles. The van der Waals surface area contributed by atoms with Gasteiger partial charge in [0, 0.05) is 29.5 Å².